The molecule has 0 bridgehead atoms. The summed E-state index contributed by atoms with van der Waals surface area (Å²) in [6, 6.07) is 10.2. The number of carbonyl (C=O) groups is 3. The quantitative estimate of drug-likeness (QED) is 0.0484. The number of esters is 2. The molecule has 0 radical (unpaired) electrons. The summed E-state index contributed by atoms with van der Waals surface area (Å²) in [7, 11) is 1.36. The lowest BCUT2D eigenvalue weighted by Crippen LogP contribution is -2.48. The second-order valence-corrected chi connectivity index (χ2v) is 13.6. The number of ether oxygens (including phenoxy) is 4. The van der Waals surface area contributed by atoms with E-state index in [0.29, 0.717) is 29.8 Å². The van der Waals surface area contributed by atoms with Crippen LogP contribution in [0.15, 0.2) is 73.1 Å². The largest absolute Gasteiger partial charge is 0.481 e. The van der Waals surface area contributed by atoms with Gasteiger partial charge in [-0.3, -0.25) is 19.8 Å². The van der Waals surface area contributed by atoms with Gasteiger partial charge in [0.2, 0.25) is 5.88 Å². The maximum absolute atomic E-state index is 14.2. The lowest BCUT2D eigenvalue weighted by atomic mass is 9.91. The molecule has 2 unspecified atom stereocenters. The van der Waals surface area contributed by atoms with Crippen molar-refractivity contribution >= 4 is 29.4 Å². The highest BCUT2D eigenvalue weighted by Gasteiger charge is 2.41. The summed E-state index contributed by atoms with van der Waals surface area (Å²) in [5, 5.41) is 6.15. The highest BCUT2D eigenvalue weighted by Crippen LogP contribution is 2.42. The number of benzene rings is 2. The van der Waals surface area contributed by atoms with E-state index in [-0.39, 0.29) is 68.4 Å². The van der Waals surface area contributed by atoms with E-state index in [4.69, 9.17) is 18.9 Å². The van der Waals surface area contributed by atoms with Gasteiger partial charge in [-0.15, -0.1) is 0 Å². The van der Waals surface area contributed by atoms with Gasteiger partial charge < -0.3 is 24.3 Å². The van der Waals surface area contributed by atoms with Gasteiger partial charge in [-0.25, -0.2) is 19.7 Å². The summed E-state index contributed by atoms with van der Waals surface area (Å²) < 4.78 is 106. The van der Waals surface area contributed by atoms with E-state index in [1.807, 2.05) is 6.92 Å². The Morgan fingerprint density at radius 1 is 0.850 bits per heavy atom. The molecule has 2 aromatic heterocycles. The first kappa shape index (κ1) is 45.1. The summed E-state index contributed by atoms with van der Waals surface area (Å²) in [4.78, 5) is 53.5. The number of methoxy groups -OCH3 is 1. The molecule has 3 heterocycles. The average molecular weight is 847 g/mol. The Kier molecular flexibility index (Phi) is 14.9. The Hall–Kier alpha value is -5.98. The predicted octanol–water partition coefficient (Wildman–Crippen LogP) is 8.21. The van der Waals surface area contributed by atoms with Gasteiger partial charge in [-0.05, 0) is 68.5 Å². The molecular weight excluding hydrogens is 802 g/mol. The molecule has 13 nitrogen and oxygen atoms in total. The molecule has 0 saturated heterocycles. The fraction of sp³-hybridized carbons (Fsp3) is 0.415. The van der Waals surface area contributed by atoms with Crippen LogP contribution >= 0.6 is 0 Å². The minimum Gasteiger partial charge on any atom is -0.481 e. The molecule has 0 aliphatic carbocycles. The van der Waals surface area contributed by atoms with Crippen LogP contribution in [0.25, 0.3) is 0 Å². The molecule has 1 aliphatic heterocycles. The van der Waals surface area contributed by atoms with Crippen molar-refractivity contribution in [2.75, 3.05) is 37.1 Å². The first-order valence-electron chi connectivity index (χ1n) is 19.1. The molecule has 4 aromatic rings. The summed E-state index contributed by atoms with van der Waals surface area (Å²) in [6.07, 6.45) is -8.00. The van der Waals surface area contributed by atoms with Crippen molar-refractivity contribution in [3.8, 4) is 5.88 Å². The lowest BCUT2D eigenvalue weighted by Gasteiger charge is -2.40. The van der Waals surface area contributed by atoms with Crippen LogP contribution in [0.3, 0.4) is 0 Å². The van der Waals surface area contributed by atoms with E-state index in [1.54, 1.807) is 50.2 Å². The van der Waals surface area contributed by atoms with E-state index in [0.717, 1.165) is 0 Å². The monoisotopic (exact) mass is 846 g/mol. The minimum absolute atomic E-state index is 0.0125. The van der Waals surface area contributed by atoms with Crippen LogP contribution in [0.1, 0.15) is 85.9 Å². The highest BCUT2D eigenvalue weighted by molar-refractivity contribution is 5.95. The molecule has 322 valence electrons. The number of hydrogen-bond acceptors (Lipinski definition) is 12. The number of amides is 1. The number of halogens is 6. The number of carbonyl (C=O) groups excluding carboxylic acids is 3. The van der Waals surface area contributed by atoms with E-state index >= 15 is 0 Å². The van der Waals surface area contributed by atoms with Crippen molar-refractivity contribution in [1.29, 1.82) is 0 Å². The number of nitrogens with zero attached hydrogens (tertiary/aromatic N) is 4. The molecule has 0 fully saturated rings. The predicted molar refractivity (Wildman–Crippen MR) is 205 cm³/mol. The maximum Gasteiger partial charge on any atom is 0.416 e. The Morgan fingerprint density at radius 2 is 1.48 bits per heavy atom. The molecule has 1 aliphatic rings. The van der Waals surface area contributed by atoms with Gasteiger partial charge in [0.15, 0.2) is 5.92 Å². The first-order chi connectivity index (χ1) is 28.6. The lowest BCUT2D eigenvalue weighted by molar-refractivity contribution is -0.163. The van der Waals surface area contributed by atoms with Crippen LogP contribution in [0, 0.1) is 5.92 Å². The molecule has 1 amide bonds. The number of anilines is 2. The van der Waals surface area contributed by atoms with E-state index in [1.165, 1.54) is 30.5 Å². The molecular formula is C41H44F6N6O7. The zero-order valence-corrected chi connectivity index (χ0v) is 33.1. The van der Waals surface area contributed by atoms with Gasteiger partial charge in [0.05, 0.1) is 73.0 Å². The van der Waals surface area contributed by atoms with Crippen LogP contribution < -0.4 is 20.3 Å². The fourth-order valence-electron chi connectivity index (χ4n) is 6.66. The van der Waals surface area contributed by atoms with Crippen molar-refractivity contribution in [3.05, 3.63) is 107 Å². The van der Waals surface area contributed by atoms with Gasteiger partial charge in [0.1, 0.15) is 12.4 Å². The third-order valence-corrected chi connectivity index (χ3v) is 9.57. The van der Waals surface area contributed by atoms with Gasteiger partial charge in [-0.1, -0.05) is 37.3 Å². The molecule has 4 atom stereocenters. The fourth-order valence-corrected chi connectivity index (χ4v) is 6.66. The van der Waals surface area contributed by atoms with Gasteiger partial charge >= 0.3 is 30.4 Å². The Bertz CT molecular complexity index is 2060. The second-order valence-electron chi connectivity index (χ2n) is 13.6. The van der Waals surface area contributed by atoms with Crippen LogP contribution in [0.4, 0.5) is 42.5 Å². The van der Waals surface area contributed by atoms with Crippen LogP contribution in [0.2, 0.25) is 0 Å². The first-order valence-corrected chi connectivity index (χ1v) is 19.1. The average Bonchev–Trinajstić information content (AvgIpc) is 3.23. The third kappa shape index (κ3) is 11.2. The van der Waals surface area contributed by atoms with E-state index < -0.39 is 71.1 Å². The van der Waals surface area contributed by atoms with Gasteiger partial charge in [-0.2, -0.15) is 26.3 Å². The zero-order chi connectivity index (χ0) is 43.6. The molecule has 0 spiro atoms. The van der Waals surface area contributed by atoms with E-state index in [2.05, 4.69) is 25.6 Å². The highest BCUT2D eigenvalue weighted by atomic mass is 19.4. The standard InChI is InChI=1S/C41H44F6N6O7/c1-5-29-20-31(35-32(13-14-33(52-35)57-4)53(29)39(56)59-7-3)51-34(25-17-26(40(42,43)44)19-27(18-25)41(45,46)47)36-49-21-28(22-50-36)48-16-15-30(37(54)58-6-2)38(55)60-23-24-11-9-8-10-12-24/h8-14,17-19,21-22,29-31,34,48,51H,5-7,15-16,20,23H2,1-4H3/t29-,30?,31+,34?/m1/s1. The van der Waals surface area contributed by atoms with Crippen molar-refractivity contribution in [3.63, 3.8) is 0 Å². The second kappa shape index (κ2) is 19.8. The summed E-state index contributed by atoms with van der Waals surface area (Å²) in [6.45, 7) is 5.08. The summed E-state index contributed by atoms with van der Waals surface area (Å²) in [5.41, 5.74) is -2.05. The van der Waals surface area contributed by atoms with Crippen molar-refractivity contribution in [2.24, 2.45) is 5.92 Å². The van der Waals surface area contributed by atoms with Crippen molar-refractivity contribution in [1.82, 2.24) is 20.3 Å². The van der Waals surface area contributed by atoms with Crippen LogP contribution in [-0.4, -0.2) is 65.9 Å². The van der Waals surface area contributed by atoms with Crippen molar-refractivity contribution < 1.29 is 59.7 Å². The number of hydrogen-bond donors (Lipinski definition) is 2. The molecule has 19 heteroatoms. The van der Waals surface area contributed by atoms with Crippen LogP contribution in [0.5, 0.6) is 5.88 Å². The molecule has 0 saturated carbocycles. The number of pyridine rings is 1. The molecule has 5 rings (SSSR count). The number of aromatic nitrogens is 3. The van der Waals surface area contributed by atoms with Gasteiger partial charge in [0.25, 0.3) is 0 Å². The van der Waals surface area contributed by atoms with E-state index in [9.17, 15) is 40.7 Å². The Labute approximate surface area is 341 Å². The normalized spacial score (nSPS) is 16.3. The zero-order valence-electron chi connectivity index (χ0n) is 33.1. The smallest absolute Gasteiger partial charge is 0.416 e. The molecule has 2 N–H and O–H groups in total. The molecule has 2 aromatic carbocycles. The Morgan fingerprint density at radius 3 is 2.07 bits per heavy atom. The number of alkyl halides is 6. The van der Waals surface area contributed by atoms with Gasteiger partial charge in [0, 0.05) is 18.7 Å². The summed E-state index contributed by atoms with van der Waals surface area (Å²) in [5.74, 6) is -2.94. The molecule has 60 heavy (non-hydrogen) atoms. The van der Waals surface area contributed by atoms with Crippen molar-refractivity contribution in [2.45, 2.75) is 77.1 Å². The number of fused-ring (bicyclic) bond motifs is 1. The number of nitrogens with one attached hydrogen (secondary N) is 2. The minimum atomic E-state index is -5.15. The topological polar surface area (TPSA) is 154 Å². The maximum atomic E-state index is 14.2. The number of rotatable bonds is 16. The third-order valence-electron chi connectivity index (χ3n) is 9.57. The SMILES string of the molecule is CCOC(=O)C(CCNc1cnc(C(N[C@H]2C[C@@H](CC)N(C(=O)OCC)c3ccc(OC)nc32)c2cc(C(F)(F)F)cc(C(F)(F)F)c2)nc1)C(=O)OCc1ccccc1. The Balaban J connectivity index is 1.48. The van der Waals surface area contributed by atoms with Crippen LogP contribution in [-0.2, 0) is 42.8 Å². The summed E-state index contributed by atoms with van der Waals surface area (Å²) >= 11 is 0.